The summed E-state index contributed by atoms with van der Waals surface area (Å²) in [5.74, 6) is -7.47. The highest BCUT2D eigenvalue weighted by Crippen LogP contribution is 2.34. The normalized spacial score (nSPS) is 18.3. The zero-order valence-electron chi connectivity index (χ0n) is 39.9. The molecule has 6 atom stereocenters. The lowest BCUT2D eigenvalue weighted by Gasteiger charge is -2.34. The van der Waals surface area contributed by atoms with E-state index in [1.165, 1.54) is 28.4 Å². The summed E-state index contributed by atoms with van der Waals surface area (Å²) in [5, 5.41) is 11.4. The molecule has 0 bridgehead atoms. The van der Waals surface area contributed by atoms with Gasteiger partial charge in [-0.1, -0.05) is 85.4 Å². The van der Waals surface area contributed by atoms with Crippen LogP contribution in [0.4, 0.5) is 10.5 Å². The largest absolute Gasteiger partial charge is 0.351 e. The van der Waals surface area contributed by atoms with Crippen LogP contribution in [0.1, 0.15) is 123 Å². The van der Waals surface area contributed by atoms with Crippen LogP contribution in [0.25, 0.3) is 0 Å². The summed E-state index contributed by atoms with van der Waals surface area (Å²) in [5.41, 5.74) is -0.173. The van der Waals surface area contributed by atoms with E-state index < -0.39 is 88.8 Å². The molecule has 1 aliphatic carbocycles. The highest BCUT2D eigenvalue weighted by molar-refractivity contribution is 6.38. The summed E-state index contributed by atoms with van der Waals surface area (Å²) in [6.07, 6.45) is 7.86. The molecule has 1 aromatic carbocycles. The Morgan fingerprint density at radius 2 is 1.55 bits per heavy atom. The molecule has 2 fully saturated rings. The SMILES string of the molecule is CCC[C@H](CC(=O)[C@@H]1CN(C(=O)Nc2ccccc2)C[C@@H]1NC(=O)[C@@H](CC(=O)[C@@H](NC(=O)c1cnccn1)C1CCCCC1)C(C)(C)C)C(=O)C(=O)CCC(=O)N[C@H](C(=O)N(C)C)C(C)C. The molecule has 4 rings (SSSR count). The minimum absolute atomic E-state index is 0.0569. The van der Waals surface area contributed by atoms with Gasteiger partial charge in [0.25, 0.3) is 5.91 Å². The Balaban J connectivity index is 1.54. The van der Waals surface area contributed by atoms with Crippen molar-refractivity contribution < 1.29 is 43.2 Å². The lowest BCUT2D eigenvalue weighted by molar-refractivity contribution is -0.141. The van der Waals surface area contributed by atoms with E-state index in [-0.39, 0.29) is 68.0 Å². The summed E-state index contributed by atoms with van der Waals surface area (Å²) >= 11 is 0. The molecule has 360 valence electrons. The summed E-state index contributed by atoms with van der Waals surface area (Å²) in [6.45, 7) is 10.7. The third-order valence-electron chi connectivity index (χ3n) is 12.7. The summed E-state index contributed by atoms with van der Waals surface area (Å²) in [4.78, 5) is 134. The van der Waals surface area contributed by atoms with Gasteiger partial charge in [0.1, 0.15) is 17.5 Å². The van der Waals surface area contributed by atoms with Crippen molar-refractivity contribution in [2.75, 3.05) is 32.5 Å². The number of carbonyl (C=O) groups excluding carboxylic acids is 9. The lowest BCUT2D eigenvalue weighted by Crippen LogP contribution is -2.51. The van der Waals surface area contributed by atoms with E-state index in [0.717, 1.165) is 32.1 Å². The second kappa shape index (κ2) is 24.6. The van der Waals surface area contributed by atoms with Gasteiger partial charge in [0.15, 0.2) is 11.6 Å². The van der Waals surface area contributed by atoms with Crippen LogP contribution in [-0.4, -0.2) is 118 Å². The van der Waals surface area contributed by atoms with Crippen molar-refractivity contribution in [1.29, 1.82) is 0 Å². The van der Waals surface area contributed by atoms with Crippen molar-refractivity contribution in [3.8, 4) is 0 Å². The fourth-order valence-electron chi connectivity index (χ4n) is 8.81. The minimum atomic E-state index is -1.01. The van der Waals surface area contributed by atoms with Gasteiger partial charge in [0, 0.05) is 82.8 Å². The van der Waals surface area contributed by atoms with Crippen molar-refractivity contribution in [1.82, 2.24) is 35.7 Å². The molecule has 0 radical (unpaired) electrons. The topological polar surface area (TPSA) is 234 Å². The molecule has 66 heavy (non-hydrogen) atoms. The van der Waals surface area contributed by atoms with E-state index in [1.54, 1.807) is 58.3 Å². The highest BCUT2D eigenvalue weighted by Gasteiger charge is 2.45. The van der Waals surface area contributed by atoms with Gasteiger partial charge in [-0.2, -0.15) is 0 Å². The number of anilines is 1. The number of hydrogen-bond acceptors (Lipinski definition) is 11. The van der Waals surface area contributed by atoms with Crippen molar-refractivity contribution in [3.63, 3.8) is 0 Å². The Bertz CT molecular complexity index is 2030. The maximum atomic E-state index is 14.5. The number of likely N-dealkylation sites (N-methyl/N-ethyl adjacent to an activating group) is 1. The number of urea groups is 1. The molecule has 1 saturated heterocycles. The third-order valence-corrected chi connectivity index (χ3v) is 12.7. The molecule has 1 aromatic heterocycles. The number of Topliss-reactive ketones (excluding diaryl/α,β-unsaturated/α-hetero) is 4. The zero-order valence-corrected chi connectivity index (χ0v) is 39.9. The maximum Gasteiger partial charge on any atom is 0.321 e. The van der Waals surface area contributed by atoms with Gasteiger partial charge >= 0.3 is 6.03 Å². The van der Waals surface area contributed by atoms with Gasteiger partial charge < -0.3 is 31.1 Å². The minimum Gasteiger partial charge on any atom is -0.351 e. The molecule has 6 amide bonds. The number of benzene rings is 1. The van der Waals surface area contributed by atoms with E-state index in [2.05, 4.69) is 31.2 Å². The predicted octanol–water partition coefficient (Wildman–Crippen LogP) is 4.95. The number of likely N-dealkylation sites (tertiary alicyclic amines) is 1. The quantitative estimate of drug-likeness (QED) is 0.115. The molecule has 17 nitrogen and oxygen atoms in total. The van der Waals surface area contributed by atoms with E-state index in [0.29, 0.717) is 12.1 Å². The van der Waals surface area contributed by atoms with Crippen LogP contribution in [0.5, 0.6) is 0 Å². The third kappa shape index (κ3) is 15.1. The molecule has 2 aromatic rings. The Hall–Kier alpha value is -5.87. The number of aromatic nitrogens is 2. The van der Waals surface area contributed by atoms with E-state index >= 15 is 0 Å². The number of amides is 6. The number of ketones is 4. The van der Waals surface area contributed by atoms with Crippen LogP contribution in [0.15, 0.2) is 48.9 Å². The van der Waals surface area contributed by atoms with Gasteiger partial charge in [-0.3, -0.25) is 43.3 Å². The first-order valence-electron chi connectivity index (χ1n) is 23.3. The van der Waals surface area contributed by atoms with E-state index in [1.807, 2.05) is 27.7 Å². The van der Waals surface area contributed by atoms with Crippen LogP contribution in [-0.2, 0) is 33.6 Å². The van der Waals surface area contributed by atoms with Crippen LogP contribution in [0.3, 0.4) is 0 Å². The molecule has 0 spiro atoms. The molecule has 0 unspecified atom stereocenters. The van der Waals surface area contributed by atoms with E-state index in [9.17, 15) is 43.2 Å². The first kappa shape index (κ1) is 52.8. The first-order valence-corrected chi connectivity index (χ1v) is 23.3. The first-order chi connectivity index (χ1) is 31.2. The number of carbonyl (C=O) groups is 9. The van der Waals surface area contributed by atoms with Gasteiger partial charge in [0.2, 0.25) is 23.5 Å². The van der Waals surface area contributed by atoms with Crippen LogP contribution in [0.2, 0.25) is 0 Å². The fraction of sp³-hybridized carbons (Fsp3) is 0.612. The molecule has 4 N–H and O–H groups in total. The van der Waals surface area contributed by atoms with Gasteiger partial charge in [0.05, 0.1) is 24.2 Å². The Morgan fingerprint density at radius 3 is 2.14 bits per heavy atom. The Kier molecular flexibility index (Phi) is 19.7. The maximum absolute atomic E-state index is 14.5. The molecule has 2 heterocycles. The molecule has 1 saturated carbocycles. The smallest absolute Gasteiger partial charge is 0.321 e. The van der Waals surface area contributed by atoms with Crippen LogP contribution < -0.4 is 21.3 Å². The van der Waals surface area contributed by atoms with Gasteiger partial charge in [-0.25, -0.2) is 9.78 Å². The number of para-hydroxylation sites is 1. The average Bonchev–Trinajstić information content (AvgIpc) is 3.71. The van der Waals surface area contributed by atoms with Crippen LogP contribution >= 0.6 is 0 Å². The second-order valence-corrected chi connectivity index (χ2v) is 19.4. The zero-order chi connectivity index (χ0) is 48.7. The van der Waals surface area contributed by atoms with Crippen LogP contribution in [0, 0.1) is 35.0 Å². The summed E-state index contributed by atoms with van der Waals surface area (Å²) in [6, 6.07) is 5.65. The highest BCUT2D eigenvalue weighted by atomic mass is 16.2. The molecule has 17 heteroatoms. The molecule has 2 aliphatic rings. The van der Waals surface area contributed by atoms with Gasteiger partial charge in [-0.15, -0.1) is 0 Å². The average molecular weight is 915 g/mol. The lowest BCUT2D eigenvalue weighted by atomic mass is 9.74. The number of nitrogens with zero attached hydrogens (tertiary/aromatic N) is 4. The van der Waals surface area contributed by atoms with Crippen molar-refractivity contribution >= 4 is 58.5 Å². The number of nitrogens with one attached hydrogen (secondary N) is 4. The molecular formula is C49H70N8O9. The Labute approximate surface area is 388 Å². The predicted molar refractivity (Wildman–Crippen MR) is 248 cm³/mol. The Morgan fingerprint density at radius 1 is 0.864 bits per heavy atom. The van der Waals surface area contributed by atoms with Crippen molar-refractivity contribution in [3.05, 3.63) is 54.6 Å². The monoisotopic (exact) mass is 915 g/mol. The van der Waals surface area contributed by atoms with E-state index in [4.69, 9.17) is 0 Å². The standard InChI is InChI=1S/C49H70N8O9/c1-9-16-32(44(62)38(58)21-22-41(61)54-42(30(2)3)47(65)56(7)8)25-39(59)34-28-57(48(66)52-33-19-14-11-15-20-33)29-37(34)53-45(63)35(49(4,5)6)26-40(60)43(31-17-12-10-13-18-31)55-46(64)36-27-50-23-24-51-36/h11,14-15,19-20,23-24,27,30-32,34-35,37,42-43H,9-10,12-13,16-18,21-22,25-26,28-29H2,1-8H3,(H,52,66)(H,53,63)(H,54,61)(H,55,64)/t32-,34-,35-,37+,42+,43+/m1/s1. The van der Waals surface area contributed by atoms with Gasteiger partial charge in [-0.05, 0) is 48.6 Å². The fourth-order valence-corrected chi connectivity index (χ4v) is 8.81. The summed E-state index contributed by atoms with van der Waals surface area (Å²) in [7, 11) is 3.15. The molecule has 1 aliphatic heterocycles. The van der Waals surface area contributed by atoms with Crippen molar-refractivity contribution in [2.45, 2.75) is 130 Å². The summed E-state index contributed by atoms with van der Waals surface area (Å²) < 4.78 is 0. The molecular weight excluding hydrogens is 845 g/mol. The number of rotatable bonds is 22. The number of hydrogen-bond donors (Lipinski definition) is 4. The van der Waals surface area contributed by atoms with Crippen molar-refractivity contribution in [2.24, 2.45) is 35.0 Å². The second-order valence-electron chi connectivity index (χ2n) is 19.4.